The first-order valence-corrected chi connectivity index (χ1v) is 7.73. The Balaban J connectivity index is 2.67. The lowest BCUT2D eigenvalue weighted by atomic mass is 9.91. The molecule has 3 nitrogen and oxygen atoms in total. The minimum Gasteiger partial charge on any atom is -0.309 e. The highest BCUT2D eigenvalue weighted by Crippen LogP contribution is 2.25. The van der Waals surface area contributed by atoms with Crippen molar-refractivity contribution in [2.75, 3.05) is 6.54 Å². The maximum absolute atomic E-state index is 4.54. The summed E-state index contributed by atoms with van der Waals surface area (Å²) in [5, 5.41) is 3.56. The molecular formula is C16H29N3. The molecule has 0 bridgehead atoms. The molecule has 0 fully saturated rings. The van der Waals surface area contributed by atoms with E-state index in [2.05, 4.69) is 36.1 Å². The third-order valence-corrected chi connectivity index (χ3v) is 3.72. The van der Waals surface area contributed by atoms with Crippen molar-refractivity contribution in [3.63, 3.8) is 0 Å². The van der Waals surface area contributed by atoms with Gasteiger partial charge in [-0.2, -0.15) is 0 Å². The van der Waals surface area contributed by atoms with Crippen molar-refractivity contribution in [1.29, 1.82) is 0 Å². The van der Waals surface area contributed by atoms with Gasteiger partial charge in [0.2, 0.25) is 0 Å². The van der Waals surface area contributed by atoms with E-state index in [9.17, 15) is 0 Å². The Labute approximate surface area is 118 Å². The van der Waals surface area contributed by atoms with Crippen LogP contribution >= 0.6 is 0 Å². The molecule has 1 aromatic heterocycles. The van der Waals surface area contributed by atoms with Gasteiger partial charge in [0.1, 0.15) is 0 Å². The fraction of sp³-hybridized carbons (Fsp3) is 0.750. The van der Waals surface area contributed by atoms with E-state index >= 15 is 0 Å². The fourth-order valence-electron chi connectivity index (χ4n) is 2.45. The highest BCUT2D eigenvalue weighted by Gasteiger charge is 2.17. The van der Waals surface area contributed by atoms with Crippen LogP contribution in [-0.4, -0.2) is 16.5 Å². The van der Waals surface area contributed by atoms with Gasteiger partial charge in [0.25, 0.3) is 0 Å². The molecule has 0 saturated carbocycles. The summed E-state index contributed by atoms with van der Waals surface area (Å²) in [6, 6.07) is 0.347. The number of hydrogen-bond donors (Lipinski definition) is 1. The predicted molar refractivity (Wildman–Crippen MR) is 81.1 cm³/mol. The number of aryl methyl sites for hydroxylation is 1. The Hall–Kier alpha value is -0.960. The normalized spacial score (nSPS) is 14.3. The minimum atomic E-state index is 0.347. The van der Waals surface area contributed by atoms with Gasteiger partial charge in [0.05, 0.1) is 23.6 Å². The second kappa shape index (κ2) is 9.03. The number of aromatic nitrogens is 2. The number of nitrogens with zero attached hydrogens (tertiary/aromatic N) is 2. The van der Waals surface area contributed by atoms with Crippen molar-refractivity contribution >= 4 is 0 Å². The summed E-state index contributed by atoms with van der Waals surface area (Å²) in [6.45, 7) is 9.67. The van der Waals surface area contributed by atoms with Crippen LogP contribution in [0.3, 0.4) is 0 Å². The molecule has 0 spiro atoms. The number of rotatable bonds is 9. The molecule has 0 aliphatic heterocycles. The van der Waals surface area contributed by atoms with Gasteiger partial charge in [-0.3, -0.25) is 9.97 Å². The molecule has 0 aliphatic carbocycles. The number of nitrogens with one attached hydrogen (secondary N) is 1. The van der Waals surface area contributed by atoms with E-state index in [0.717, 1.165) is 23.9 Å². The summed E-state index contributed by atoms with van der Waals surface area (Å²) in [7, 11) is 0. The molecule has 0 radical (unpaired) electrons. The van der Waals surface area contributed by atoms with E-state index in [-0.39, 0.29) is 0 Å². The van der Waals surface area contributed by atoms with E-state index in [0.29, 0.717) is 6.04 Å². The van der Waals surface area contributed by atoms with Crippen molar-refractivity contribution in [3.8, 4) is 0 Å². The van der Waals surface area contributed by atoms with E-state index in [1.165, 1.54) is 32.1 Å². The molecule has 108 valence electrons. The first-order valence-electron chi connectivity index (χ1n) is 7.73. The molecule has 1 heterocycles. The quantitative estimate of drug-likeness (QED) is 0.730. The van der Waals surface area contributed by atoms with Crippen molar-refractivity contribution in [3.05, 3.63) is 23.8 Å². The lowest BCUT2D eigenvalue weighted by molar-refractivity contribution is 0.352. The Morgan fingerprint density at radius 3 is 2.47 bits per heavy atom. The van der Waals surface area contributed by atoms with Crippen LogP contribution in [0, 0.1) is 12.8 Å². The molecule has 1 rings (SSSR count). The average molecular weight is 263 g/mol. The predicted octanol–water partition coefficient (Wildman–Crippen LogP) is 4.04. The van der Waals surface area contributed by atoms with Gasteiger partial charge in [-0.1, -0.05) is 46.5 Å². The second-order valence-corrected chi connectivity index (χ2v) is 5.35. The second-order valence-electron chi connectivity index (χ2n) is 5.35. The average Bonchev–Trinajstić information content (AvgIpc) is 2.43. The Morgan fingerprint density at radius 1 is 1.16 bits per heavy atom. The zero-order valence-corrected chi connectivity index (χ0v) is 12.9. The standard InChI is InChI=1S/C16H29N3/c1-5-8-9-14(6-2)10-15(17-7-3)16-12-18-13(4)11-19-16/h11-12,14-15,17H,5-10H2,1-4H3. The minimum absolute atomic E-state index is 0.347. The van der Waals surface area contributed by atoms with Crippen molar-refractivity contribution < 1.29 is 0 Å². The van der Waals surface area contributed by atoms with Crippen molar-refractivity contribution in [1.82, 2.24) is 15.3 Å². The molecule has 1 N–H and O–H groups in total. The molecular weight excluding hydrogens is 234 g/mol. The molecule has 0 amide bonds. The monoisotopic (exact) mass is 263 g/mol. The summed E-state index contributed by atoms with van der Waals surface area (Å²) in [5.74, 6) is 0.784. The zero-order valence-electron chi connectivity index (χ0n) is 12.9. The van der Waals surface area contributed by atoms with Gasteiger partial charge >= 0.3 is 0 Å². The number of unbranched alkanes of at least 4 members (excludes halogenated alkanes) is 1. The third kappa shape index (κ3) is 5.68. The van der Waals surface area contributed by atoms with Gasteiger partial charge in [0.15, 0.2) is 0 Å². The molecule has 0 aromatic carbocycles. The number of hydrogen-bond acceptors (Lipinski definition) is 3. The maximum Gasteiger partial charge on any atom is 0.0756 e. The van der Waals surface area contributed by atoms with Gasteiger partial charge in [0, 0.05) is 6.20 Å². The SMILES string of the molecule is CCCCC(CC)CC(NCC)c1cnc(C)cn1. The van der Waals surface area contributed by atoms with Crippen LogP contribution < -0.4 is 5.32 Å². The van der Waals surface area contributed by atoms with Crippen LogP contribution in [0.4, 0.5) is 0 Å². The van der Waals surface area contributed by atoms with Crippen LogP contribution in [0.5, 0.6) is 0 Å². The summed E-state index contributed by atoms with van der Waals surface area (Å²) in [4.78, 5) is 8.91. The highest BCUT2D eigenvalue weighted by molar-refractivity contribution is 5.06. The highest BCUT2D eigenvalue weighted by atomic mass is 14.9. The molecule has 0 saturated heterocycles. The van der Waals surface area contributed by atoms with Crippen LogP contribution in [0.25, 0.3) is 0 Å². The molecule has 3 heteroatoms. The topological polar surface area (TPSA) is 37.8 Å². The summed E-state index contributed by atoms with van der Waals surface area (Å²) >= 11 is 0. The van der Waals surface area contributed by atoms with Gasteiger partial charge in [-0.15, -0.1) is 0 Å². The molecule has 2 unspecified atom stereocenters. The first kappa shape index (κ1) is 16.1. The van der Waals surface area contributed by atoms with Crippen LogP contribution in [0.2, 0.25) is 0 Å². The van der Waals surface area contributed by atoms with Crippen molar-refractivity contribution in [2.45, 2.75) is 65.8 Å². The Bertz CT molecular complexity index is 334. The smallest absolute Gasteiger partial charge is 0.0756 e. The van der Waals surface area contributed by atoms with Gasteiger partial charge in [-0.25, -0.2) is 0 Å². The first-order chi connectivity index (χ1) is 9.21. The summed E-state index contributed by atoms with van der Waals surface area (Å²) < 4.78 is 0. The Kier molecular flexibility index (Phi) is 7.65. The largest absolute Gasteiger partial charge is 0.309 e. The van der Waals surface area contributed by atoms with E-state index in [1.54, 1.807) is 0 Å². The van der Waals surface area contributed by atoms with E-state index < -0.39 is 0 Å². The molecule has 2 atom stereocenters. The van der Waals surface area contributed by atoms with Crippen LogP contribution in [0.15, 0.2) is 12.4 Å². The maximum atomic E-state index is 4.54. The van der Waals surface area contributed by atoms with Crippen LogP contribution in [0.1, 0.15) is 70.3 Å². The molecule has 19 heavy (non-hydrogen) atoms. The summed E-state index contributed by atoms with van der Waals surface area (Å²) in [5.41, 5.74) is 2.07. The molecule has 0 aliphatic rings. The van der Waals surface area contributed by atoms with E-state index in [1.807, 2.05) is 19.3 Å². The fourth-order valence-corrected chi connectivity index (χ4v) is 2.45. The lowest BCUT2D eigenvalue weighted by Gasteiger charge is -2.23. The zero-order chi connectivity index (χ0) is 14.1. The Morgan fingerprint density at radius 2 is 1.95 bits per heavy atom. The van der Waals surface area contributed by atoms with Crippen LogP contribution in [-0.2, 0) is 0 Å². The summed E-state index contributed by atoms with van der Waals surface area (Å²) in [6.07, 6.45) is 10.2. The third-order valence-electron chi connectivity index (χ3n) is 3.72. The lowest BCUT2D eigenvalue weighted by Crippen LogP contribution is -2.24. The van der Waals surface area contributed by atoms with Crippen molar-refractivity contribution in [2.24, 2.45) is 5.92 Å². The van der Waals surface area contributed by atoms with E-state index in [4.69, 9.17) is 0 Å². The molecule has 1 aromatic rings. The van der Waals surface area contributed by atoms with Gasteiger partial charge < -0.3 is 5.32 Å². The van der Waals surface area contributed by atoms with Gasteiger partial charge in [-0.05, 0) is 25.8 Å².